The van der Waals surface area contributed by atoms with E-state index in [9.17, 15) is 4.79 Å². The van der Waals surface area contributed by atoms with Gasteiger partial charge >= 0.3 is 6.03 Å². The van der Waals surface area contributed by atoms with Gasteiger partial charge in [0.1, 0.15) is 0 Å². The van der Waals surface area contributed by atoms with Crippen molar-refractivity contribution in [1.82, 2.24) is 5.32 Å². The van der Waals surface area contributed by atoms with Gasteiger partial charge in [-0.15, -0.1) is 11.3 Å². The number of urea groups is 1. The molecule has 1 heterocycles. The highest BCUT2D eigenvalue weighted by molar-refractivity contribution is 7.10. The number of rotatable bonds is 4. The summed E-state index contributed by atoms with van der Waals surface area (Å²) in [6.45, 7) is 9.01. The Morgan fingerprint density at radius 3 is 2.52 bits per heavy atom. The summed E-state index contributed by atoms with van der Waals surface area (Å²) >= 11 is 1.77. The average Bonchev–Trinajstić information content (AvgIpc) is 2.75. The van der Waals surface area contributed by atoms with Crippen LogP contribution in [0.3, 0.4) is 0 Å². The molecule has 0 atom stereocenters. The number of nitrogens with one attached hydrogen (secondary N) is 2. The number of carbonyl (C=O) groups is 1. The molecule has 2 amide bonds. The minimum absolute atomic E-state index is 0.150. The number of aryl methyl sites for hydroxylation is 3. The Morgan fingerprint density at radius 1 is 1.14 bits per heavy atom. The van der Waals surface area contributed by atoms with Crippen LogP contribution in [0.5, 0.6) is 0 Å². The summed E-state index contributed by atoms with van der Waals surface area (Å²) in [7, 11) is 0. The summed E-state index contributed by atoms with van der Waals surface area (Å²) in [4.78, 5) is 13.2. The van der Waals surface area contributed by atoms with Gasteiger partial charge in [-0.25, -0.2) is 4.79 Å². The Hall–Kier alpha value is -1.81. The van der Waals surface area contributed by atoms with Crippen LogP contribution in [0.1, 0.15) is 27.1 Å². The Morgan fingerprint density at radius 2 is 1.90 bits per heavy atom. The molecule has 0 aliphatic heterocycles. The van der Waals surface area contributed by atoms with Crippen LogP contribution in [-0.4, -0.2) is 12.6 Å². The monoisotopic (exact) mass is 302 g/mol. The van der Waals surface area contributed by atoms with Gasteiger partial charge in [-0.3, -0.25) is 0 Å². The SMILES string of the molecule is Cc1ccc(NC(=O)NCCc2csc(C)c2C)cc1C. The molecule has 112 valence electrons. The molecule has 0 bridgehead atoms. The third-order valence-corrected chi connectivity index (χ3v) is 4.89. The Labute approximate surface area is 130 Å². The van der Waals surface area contributed by atoms with Crippen molar-refractivity contribution in [1.29, 1.82) is 0 Å². The fraction of sp³-hybridized carbons (Fsp3) is 0.353. The predicted octanol–water partition coefficient (Wildman–Crippen LogP) is 4.35. The van der Waals surface area contributed by atoms with E-state index in [-0.39, 0.29) is 6.03 Å². The van der Waals surface area contributed by atoms with Crippen molar-refractivity contribution >= 4 is 23.1 Å². The van der Waals surface area contributed by atoms with Crippen LogP contribution in [0.25, 0.3) is 0 Å². The molecule has 2 rings (SSSR count). The zero-order valence-corrected chi connectivity index (χ0v) is 13.9. The first-order chi connectivity index (χ1) is 9.97. The van der Waals surface area contributed by atoms with Crippen LogP contribution < -0.4 is 10.6 Å². The normalized spacial score (nSPS) is 10.5. The fourth-order valence-electron chi connectivity index (χ4n) is 2.11. The van der Waals surface area contributed by atoms with Crippen LogP contribution in [0, 0.1) is 27.7 Å². The van der Waals surface area contributed by atoms with Gasteiger partial charge in [0.05, 0.1) is 0 Å². The van der Waals surface area contributed by atoms with Gasteiger partial charge in [0.15, 0.2) is 0 Å². The van der Waals surface area contributed by atoms with Gasteiger partial charge < -0.3 is 10.6 Å². The minimum atomic E-state index is -0.150. The first-order valence-electron chi connectivity index (χ1n) is 7.13. The number of carbonyl (C=O) groups excluding carboxylic acids is 1. The molecule has 2 N–H and O–H groups in total. The highest BCUT2D eigenvalue weighted by Crippen LogP contribution is 2.20. The maximum absolute atomic E-state index is 11.9. The number of amides is 2. The molecule has 0 fully saturated rings. The third-order valence-electron chi connectivity index (χ3n) is 3.83. The third kappa shape index (κ3) is 4.08. The van der Waals surface area contributed by atoms with E-state index in [0.717, 1.165) is 12.1 Å². The topological polar surface area (TPSA) is 41.1 Å². The number of hydrogen-bond acceptors (Lipinski definition) is 2. The molecule has 4 heteroatoms. The van der Waals surface area contributed by atoms with E-state index in [2.05, 4.69) is 36.8 Å². The van der Waals surface area contributed by atoms with E-state index in [1.54, 1.807) is 11.3 Å². The lowest BCUT2D eigenvalue weighted by atomic mass is 10.1. The Bertz CT molecular complexity index is 646. The van der Waals surface area contributed by atoms with E-state index in [1.807, 2.05) is 25.1 Å². The van der Waals surface area contributed by atoms with Gasteiger partial charge in [-0.1, -0.05) is 6.07 Å². The second-order valence-corrected chi connectivity index (χ2v) is 6.46. The molecule has 0 unspecified atom stereocenters. The van der Waals surface area contributed by atoms with Crippen LogP contribution in [-0.2, 0) is 6.42 Å². The van der Waals surface area contributed by atoms with Gasteiger partial charge in [-0.05, 0) is 73.9 Å². The number of hydrogen-bond donors (Lipinski definition) is 2. The van der Waals surface area contributed by atoms with Gasteiger partial charge in [0.2, 0.25) is 0 Å². The molecule has 0 radical (unpaired) electrons. The van der Waals surface area contributed by atoms with Crippen LogP contribution in [0.2, 0.25) is 0 Å². The maximum Gasteiger partial charge on any atom is 0.319 e. The number of benzene rings is 1. The Balaban J connectivity index is 1.82. The van der Waals surface area contributed by atoms with Gasteiger partial charge in [0, 0.05) is 17.1 Å². The van der Waals surface area contributed by atoms with E-state index in [1.165, 1.54) is 27.1 Å². The molecule has 0 spiro atoms. The smallest absolute Gasteiger partial charge is 0.319 e. The van der Waals surface area contributed by atoms with E-state index in [0.29, 0.717) is 6.54 Å². The first-order valence-corrected chi connectivity index (χ1v) is 8.01. The molecule has 0 aliphatic rings. The summed E-state index contributed by atoms with van der Waals surface area (Å²) < 4.78 is 0. The van der Waals surface area contributed by atoms with Crippen molar-refractivity contribution in [2.24, 2.45) is 0 Å². The molecular formula is C17H22N2OS. The van der Waals surface area contributed by atoms with E-state index >= 15 is 0 Å². The summed E-state index contributed by atoms with van der Waals surface area (Å²) in [5, 5.41) is 7.95. The van der Waals surface area contributed by atoms with Crippen molar-refractivity contribution in [3.05, 3.63) is 50.7 Å². The molecule has 0 aliphatic carbocycles. The largest absolute Gasteiger partial charge is 0.338 e. The summed E-state index contributed by atoms with van der Waals surface area (Å²) in [5.74, 6) is 0. The molecule has 1 aromatic carbocycles. The lowest BCUT2D eigenvalue weighted by Crippen LogP contribution is -2.30. The summed E-state index contributed by atoms with van der Waals surface area (Å²) in [6, 6.07) is 5.78. The molecule has 21 heavy (non-hydrogen) atoms. The second kappa shape index (κ2) is 6.76. The highest BCUT2D eigenvalue weighted by atomic mass is 32.1. The number of anilines is 1. The fourth-order valence-corrected chi connectivity index (χ4v) is 3.04. The average molecular weight is 302 g/mol. The highest BCUT2D eigenvalue weighted by Gasteiger charge is 2.06. The first kappa shape index (κ1) is 15.6. The molecule has 2 aromatic rings. The molecular weight excluding hydrogens is 280 g/mol. The second-order valence-electron chi connectivity index (χ2n) is 5.37. The quantitative estimate of drug-likeness (QED) is 0.866. The summed E-state index contributed by atoms with van der Waals surface area (Å²) in [5.41, 5.74) is 5.90. The van der Waals surface area contributed by atoms with Gasteiger partial charge in [-0.2, -0.15) is 0 Å². The summed E-state index contributed by atoms with van der Waals surface area (Å²) in [6.07, 6.45) is 0.872. The molecule has 0 saturated heterocycles. The molecule has 1 aromatic heterocycles. The predicted molar refractivity (Wildman–Crippen MR) is 90.4 cm³/mol. The Kier molecular flexibility index (Phi) is 5.02. The lowest BCUT2D eigenvalue weighted by molar-refractivity contribution is 0.252. The van der Waals surface area contributed by atoms with Crippen molar-refractivity contribution < 1.29 is 4.79 Å². The van der Waals surface area contributed by atoms with Crippen molar-refractivity contribution in [2.45, 2.75) is 34.1 Å². The van der Waals surface area contributed by atoms with Crippen molar-refractivity contribution in [3.63, 3.8) is 0 Å². The lowest BCUT2D eigenvalue weighted by Gasteiger charge is -2.09. The zero-order chi connectivity index (χ0) is 15.4. The van der Waals surface area contributed by atoms with Gasteiger partial charge in [0.25, 0.3) is 0 Å². The number of thiophene rings is 1. The van der Waals surface area contributed by atoms with Crippen LogP contribution in [0.4, 0.5) is 10.5 Å². The van der Waals surface area contributed by atoms with E-state index in [4.69, 9.17) is 0 Å². The molecule has 3 nitrogen and oxygen atoms in total. The molecule has 0 saturated carbocycles. The minimum Gasteiger partial charge on any atom is -0.338 e. The van der Waals surface area contributed by atoms with Crippen molar-refractivity contribution in [3.8, 4) is 0 Å². The maximum atomic E-state index is 11.9. The van der Waals surface area contributed by atoms with Crippen LogP contribution in [0.15, 0.2) is 23.6 Å². The standard InChI is InChI=1S/C17H22N2OS/c1-11-5-6-16(9-12(11)2)19-17(20)18-8-7-15-10-21-14(4)13(15)3/h5-6,9-10H,7-8H2,1-4H3,(H2,18,19,20). The zero-order valence-electron chi connectivity index (χ0n) is 13.0. The van der Waals surface area contributed by atoms with Crippen molar-refractivity contribution in [2.75, 3.05) is 11.9 Å². The van der Waals surface area contributed by atoms with E-state index < -0.39 is 0 Å². The van der Waals surface area contributed by atoms with Crippen LogP contribution >= 0.6 is 11.3 Å².